The second-order valence-electron chi connectivity index (χ2n) is 5.13. The molecule has 2 amide bonds. The maximum atomic E-state index is 12.0. The summed E-state index contributed by atoms with van der Waals surface area (Å²) >= 11 is 0. The van der Waals surface area contributed by atoms with Gasteiger partial charge in [-0.2, -0.15) is 5.10 Å². The van der Waals surface area contributed by atoms with Gasteiger partial charge in [-0.25, -0.2) is 4.79 Å². The number of nitrogens with one attached hydrogen (secondary N) is 1. The molecule has 1 aromatic rings. The van der Waals surface area contributed by atoms with E-state index >= 15 is 0 Å². The molecule has 0 spiro atoms. The Morgan fingerprint density at radius 3 is 3.00 bits per heavy atom. The van der Waals surface area contributed by atoms with Crippen LogP contribution in [0.5, 0.6) is 0 Å². The van der Waals surface area contributed by atoms with E-state index in [9.17, 15) is 4.79 Å². The molecule has 1 N–H and O–H groups in total. The molecule has 0 aromatic carbocycles. The minimum absolute atomic E-state index is 0.118. The zero-order chi connectivity index (χ0) is 15.0. The van der Waals surface area contributed by atoms with Crippen molar-refractivity contribution in [3.63, 3.8) is 0 Å². The Kier molecular flexibility index (Phi) is 7.08. The fourth-order valence-electron chi connectivity index (χ4n) is 1.81. The molecule has 20 heavy (non-hydrogen) atoms. The van der Waals surface area contributed by atoms with Crippen LogP contribution >= 0.6 is 0 Å². The Hall–Kier alpha value is -1.56. The molecular formula is C14H26N4O2. The number of hydrogen-bond acceptors (Lipinski definition) is 3. The third-order valence-electron chi connectivity index (χ3n) is 3.24. The Morgan fingerprint density at radius 1 is 1.60 bits per heavy atom. The molecule has 0 aliphatic heterocycles. The minimum Gasteiger partial charge on any atom is -0.385 e. The van der Waals surface area contributed by atoms with E-state index in [4.69, 9.17) is 4.74 Å². The molecule has 0 bridgehead atoms. The van der Waals surface area contributed by atoms with Crippen molar-refractivity contribution < 1.29 is 9.53 Å². The first-order chi connectivity index (χ1) is 9.56. The third-order valence-corrected chi connectivity index (χ3v) is 3.24. The van der Waals surface area contributed by atoms with Gasteiger partial charge in [-0.05, 0) is 12.3 Å². The fourth-order valence-corrected chi connectivity index (χ4v) is 1.81. The number of nitrogens with zero attached hydrogens (tertiary/aromatic N) is 3. The number of carbonyl (C=O) groups is 1. The maximum Gasteiger partial charge on any atom is 0.322 e. The van der Waals surface area contributed by atoms with Crippen LogP contribution < -0.4 is 5.32 Å². The third kappa shape index (κ3) is 5.61. The number of aromatic nitrogens is 2. The maximum absolute atomic E-state index is 12.0. The lowest BCUT2D eigenvalue weighted by Crippen LogP contribution is -2.34. The predicted molar refractivity (Wildman–Crippen MR) is 79.8 cm³/mol. The van der Waals surface area contributed by atoms with Gasteiger partial charge in [-0.1, -0.05) is 20.3 Å². The summed E-state index contributed by atoms with van der Waals surface area (Å²) in [5.74, 6) is 1.08. The number of aryl methyl sites for hydroxylation is 1. The number of rotatable bonds is 8. The number of hydrogen-bond donors (Lipinski definition) is 1. The molecule has 6 heteroatoms. The Morgan fingerprint density at radius 2 is 2.35 bits per heavy atom. The Balaban J connectivity index is 2.41. The highest BCUT2D eigenvalue weighted by atomic mass is 16.5. The van der Waals surface area contributed by atoms with Crippen LogP contribution in [0.25, 0.3) is 0 Å². The Labute approximate surface area is 121 Å². The zero-order valence-electron chi connectivity index (χ0n) is 12.9. The zero-order valence-corrected chi connectivity index (χ0v) is 12.9. The minimum atomic E-state index is -0.118. The first-order valence-corrected chi connectivity index (χ1v) is 7.11. The number of carbonyl (C=O) groups excluding carboxylic acids is 1. The van der Waals surface area contributed by atoms with Crippen molar-refractivity contribution in [1.29, 1.82) is 0 Å². The summed E-state index contributed by atoms with van der Waals surface area (Å²) in [4.78, 5) is 13.7. The van der Waals surface area contributed by atoms with E-state index in [0.29, 0.717) is 18.3 Å². The SMILES string of the molecule is CCC(C)CN(C)C(=O)Nc1ccn(CCCOC)n1. The highest BCUT2D eigenvalue weighted by molar-refractivity contribution is 5.87. The van der Waals surface area contributed by atoms with Gasteiger partial charge in [0.2, 0.25) is 0 Å². The number of urea groups is 1. The van der Waals surface area contributed by atoms with Crippen LogP contribution in [0.15, 0.2) is 12.3 Å². The van der Waals surface area contributed by atoms with Crippen molar-refractivity contribution in [2.24, 2.45) is 5.92 Å². The van der Waals surface area contributed by atoms with E-state index in [1.165, 1.54) is 0 Å². The number of anilines is 1. The number of amides is 2. The van der Waals surface area contributed by atoms with Crippen molar-refractivity contribution >= 4 is 11.8 Å². The topological polar surface area (TPSA) is 59.4 Å². The van der Waals surface area contributed by atoms with Crippen LogP contribution in [0.2, 0.25) is 0 Å². The molecule has 0 saturated heterocycles. The Bertz CT molecular complexity index is 406. The summed E-state index contributed by atoms with van der Waals surface area (Å²) in [6, 6.07) is 1.69. The van der Waals surface area contributed by atoms with Crippen LogP contribution in [-0.4, -0.2) is 48.0 Å². The van der Waals surface area contributed by atoms with E-state index in [1.807, 2.05) is 16.9 Å². The first kappa shape index (κ1) is 16.5. The van der Waals surface area contributed by atoms with Gasteiger partial charge in [-0.15, -0.1) is 0 Å². The monoisotopic (exact) mass is 282 g/mol. The normalized spacial score (nSPS) is 12.2. The quantitative estimate of drug-likeness (QED) is 0.745. The molecule has 0 radical (unpaired) electrons. The van der Waals surface area contributed by atoms with Gasteiger partial charge in [0.25, 0.3) is 0 Å². The van der Waals surface area contributed by atoms with Crippen LogP contribution in [0.1, 0.15) is 26.7 Å². The number of methoxy groups -OCH3 is 1. The molecule has 6 nitrogen and oxygen atoms in total. The lowest BCUT2D eigenvalue weighted by molar-refractivity contribution is 0.189. The summed E-state index contributed by atoms with van der Waals surface area (Å²) in [5, 5.41) is 7.11. The van der Waals surface area contributed by atoms with E-state index in [0.717, 1.165) is 25.9 Å². The summed E-state index contributed by atoms with van der Waals surface area (Å²) in [7, 11) is 3.49. The molecule has 1 heterocycles. The second-order valence-corrected chi connectivity index (χ2v) is 5.13. The van der Waals surface area contributed by atoms with Crippen molar-refractivity contribution in [1.82, 2.24) is 14.7 Å². The molecule has 114 valence electrons. The summed E-state index contributed by atoms with van der Waals surface area (Å²) < 4.78 is 6.81. The first-order valence-electron chi connectivity index (χ1n) is 7.11. The van der Waals surface area contributed by atoms with Gasteiger partial charge in [0, 0.05) is 46.1 Å². The van der Waals surface area contributed by atoms with Gasteiger partial charge < -0.3 is 9.64 Å². The van der Waals surface area contributed by atoms with Crippen LogP contribution in [0.4, 0.5) is 10.6 Å². The van der Waals surface area contributed by atoms with Crippen LogP contribution in [0, 0.1) is 5.92 Å². The van der Waals surface area contributed by atoms with Gasteiger partial charge in [-0.3, -0.25) is 10.00 Å². The molecule has 1 unspecified atom stereocenters. The molecule has 0 saturated carbocycles. The summed E-state index contributed by atoms with van der Waals surface area (Å²) in [6.45, 7) is 6.49. The van der Waals surface area contributed by atoms with Gasteiger partial charge >= 0.3 is 6.03 Å². The molecule has 0 fully saturated rings. The summed E-state index contributed by atoms with van der Waals surface area (Å²) in [6.07, 6.45) is 3.82. The lowest BCUT2D eigenvalue weighted by Gasteiger charge is -2.20. The summed E-state index contributed by atoms with van der Waals surface area (Å²) in [5.41, 5.74) is 0. The molecule has 0 aliphatic carbocycles. The smallest absolute Gasteiger partial charge is 0.322 e. The highest BCUT2D eigenvalue weighted by Gasteiger charge is 2.12. The van der Waals surface area contributed by atoms with E-state index < -0.39 is 0 Å². The van der Waals surface area contributed by atoms with Gasteiger partial charge in [0.1, 0.15) is 0 Å². The van der Waals surface area contributed by atoms with E-state index in [2.05, 4.69) is 24.3 Å². The predicted octanol–water partition coefficient (Wildman–Crippen LogP) is 2.43. The fraction of sp³-hybridized carbons (Fsp3) is 0.714. The van der Waals surface area contributed by atoms with Gasteiger partial charge in [0.05, 0.1) is 0 Å². The average Bonchev–Trinajstić information content (AvgIpc) is 2.86. The molecular weight excluding hydrogens is 256 g/mol. The number of ether oxygens (including phenoxy) is 1. The van der Waals surface area contributed by atoms with Crippen molar-refractivity contribution in [2.75, 3.05) is 32.6 Å². The standard InChI is InChI=1S/C14H26N4O2/c1-5-12(2)11-17(3)14(19)15-13-7-9-18(16-13)8-6-10-20-4/h7,9,12H,5-6,8,10-11H2,1-4H3,(H,15,16,19). The van der Waals surface area contributed by atoms with E-state index in [1.54, 1.807) is 19.1 Å². The van der Waals surface area contributed by atoms with Gasteiger partial charge in [0.15, 0.2) is 5.82 Å². The average molecular weight is 282 g/mol. The van der Waals surface area contributed by atoms with E-state index in [-0.39, 0.29) is 6.03 Å². The largest absolute Gasteiger partial charge is 0.385 e. The van der Waals surface area contributed by atoms with Crippen molar-refractivity contribution in [2.45, 2.75) is 33.2 Å². The molecule has 0 aliphatic rings. The molecule has 1 atom stereocenters. The highest BCUT2D eigenvalue weighted by Crippen LogP contribution is 2.07. The van der Waals surface area contributed by atoms with Crippen LogP contribution in [-0.2, 0) is 11.3 Å². The molecule has 1 rings (SSSR count). The lowest BCUT2D eigenvalue weighted by atomic mass is 10.1. The van der Waals surface area contributed by atoms with Crippen LogP contribution in [0.3, 0.4) is 0 Å². The second kappa shape index (κ2) is 8.58. The molecule has 1 aromatic heterocycles. The van der Waals surface area contributed by atoms with Crippen molar-refractivity contribution in [3.8, 4) is 0 Å². The van der Waals surface area contributed by atoms with Crippen molar-refractivity contribution in [3.05, 3.63) is 12.3 Å².